The molecule has 2 aromatic heterocycles. The number of halogens is 1. The van der Waals surface area contributed by atoms with E-state index in [1.54, 1.807) is 19.2 Å². The molecule has 0 aromatic carbocycles. The van der Waals surface area contributed by atoms with E-state index in [1.807, 2.05) is 0 Å². The van der Waals surface area contributed by atoms with Crippen LogP contribution in [0.3, 0.4) is 0 Å². The Morgan fingerprint density at radius 2 is 2.27 bits per heavy atom. The normalized spacial score (nSPS) is 17.4. The molecule has 0 radical (unpaired) electrons. The van der Waals surface area contributed by atoms with Gasteiger partial charge in [-0.3, -0.25) is 4.79 Å². The molecule has 1 saturated heterocycles. The second kappa shape index (κ2) is 6.50. The van der Waals surface area contributed by atoms with Gasteiger partial charge < -0.3 is 19.6 Å². The Labute approximate surface area is 132 Å². The van der Waals surface area contributed by atoms with Crippen LogP contribution in [0.15, 0.2) is 16.8 Å². The number of rotatable bonds is 4. The molecule has 3 rings (SSSR count). The van der Waals surface area contributed by atoms with Crippen LogP contribution in [-0.2, 0) is 4.74 Å². The number of aromatic amines is 1. The van der Waals surface area contributed by atoms with Gasteiger partial charge in [-0.25, -0.2) is 0 Å². The smallest absolute Gasteiger partial charge is 0.268 e. The molecule has 1 aliphatic rings. The molecule has 8 heteroatoms. The maximum Gasteiger partial charge on any atom is 0.268 e. The summed E-state index contributed by atoms with van der Waals surface area (Å²) in [6.45, 7) is 3.08. The molecule has 3 heterocycles. The van der Waals surface area contributed by atoms with Gasteiger partial charge in [0.1, 0.15) is 11.7 Å². The first-order valence-electron chi connectivity index (χ1n) is 7.16. The van der Waals surface area contributed by atoms with Crippen molar-refractivity contribution < 1.29 is 14.1 Å². The van der Waals surface area contributed by atoms with E-state index >= 15 is 0 Å². The second-order valence-electron chi connectivity index (χ2n) is 5.31. The predicted octanol–water partition coefficient (Wildman–Crippen LogP) is 2.26. The molecule has 1 aliphatic heterocycles. The first-order valence-corrected chi connectivity index (χ1v) is 7.54. The minimum atomic E-state index is -0.334. The molecule has 0 saturated carbocycles. The van der Waals surface area contributed by atoms with Crippen molar-refractivity contribution >= 4 is 17.5 Å². The summed E-state index contributed by atoms with van der Waals surface area (Å²) in [5, 5.41) is 7.27. The second-order valence-corrected chi connectivity index (χ2v) is 5.75. The molecule has 0 aliphatic carbocycles. The molecule has 1 atom stereocenters. The fourth-order valence-electron chi connectivity index (χ4n) is 2.59. The van der Waals surface area contributed by atoms with Gasteiger partial charge in [-0.1, -0.05) is 16.8 Å². The van der Waals surface area contributed by atoms with Crippen molar-refractivity contribution in [3.8, 4) is 0 Å². The van der Waals surface area contributed by atoms with Crippen LogP contribution in [0.1, 0.15) is 41.1 Å². The maximum atomic E-state index is 12.4. The van der Waals surface area contributed by atoms with E-state index in [-0.39, 0.29) is 17.9 Å². The summed E-state index contributed by atoms with van der Waals surface area (Å²) in [5.41, 5.74) is 0.401. The summed E-state index contributed by atoms with van der Waals surface area (Å²) in [5.74, 6) is 0.918. The number of aromatic nitrogens is 3. The van der Waals surface area contributed by atoms with Gasteiger partial charge in [-0.15, -0.1) is 0 Å². The molecule has 0 spiro atoms. The number of carbonyl (C=O) groups excluding carboxylic acids is 1. The van der Waals surface area contributed by atoms with Gasteiger partial charge in [0.2, 0.25) is 5.89 Å². The third-order valence-electron chi connectivity index (χ3n) is 3.73. The van der Waals surface area contributed by atoms with Crippen LogP contribution in [0, 0.1) is 12.8 Å². The highest BCUT2D eigenvalue weighted by atomic mass is 35.5. The minimum absolute atomic E-state index is 0.197. The van der Waals surface area contributed by atoms with Crippen LogP contribution in [0.2, 0.25) is 5.02 Å². The van der Waals surface area contributed by atoms with E-state index < -0.39 is 0 Å². The first-order chi connectivity index (χ1) is 10.6. The molecule has 2 aromatic rings. The molecule has 118 valence electrons. The summed E-state index contributed by atoms with van der Waals surface area (Å²) < 4.78 is 10.6. The number of H-pyrrole nitrogens is 1. The van der Waals surface area contributed by atoms with E-state index in [2.05, 4.69) is 20.4 Å². The lowest BCUT2D eigenvalue weighted by Gasteiger charge is -2.28. The number of nitrogens with one attached hydrogen (secondary N) is 2. The lowest BCUT2D eigenvalue weighted by molar-refractivity contribution is 0.0467. The van der Waals surface area contributed by atoms with Gasteiger partial charge in [0, 0.05) is 19.4 Å². The fraction of sp³-hybridized carbons (Fsp3) is 0.500. The van der Waals surface area contributed by atoms with E-state index in [9.17, 15) is 4.79 Å². The van der Waals surface area contributed by atoms with Crippen LogP contribution in [0.25, 0.3) is 0 Å². The molecule has 2 N–H and O–H groups in total. The topological polar surface area (TPSA) is 93.0 Å². The number of hydrogen-bond acceptors (Lipinski definition) is 5. The Hall–Kier alpha value is -1.86. The lowest BCUT2D eigenvalue weighted by Crippen LogP contribution is -2.36. The fourth-order valence-corrected chi connectivity index (χ4v) is 2.75. The van der Waals surface area contributed by atoms with Crippen molar-refractivity contribution in [3.05, 3.63) is 34.7 Å². The van der Waals surface area contributed by atoms with Gasteiger partial charge in [0.15, 0.2) is 5.82 Å². The SMILES string of the molecule is Cc1noc([C@H](NC(=O)c2cc(Cl)c[nH]2)C2CCOCC2)n1. The number of amides is 1. The highest BCUT2D eigenvalue weighted by Crippen LogP contribution is 2.29. The maximum absolute atomic E-state index is 12.4. The van der Waals surface area contributed by atoms with Gasteiger partial charge in [0.05, 0.1) is 5.02 Å². The Morgan fingerprint density at radius 1 is 1.50 bits per heavy atom. The Bertz CT molecular complexity index is 648. The van der Waals surface area contributed by atoms with Crippen molar-refractivity contribution in [2.45, 2.75) is 25.8 Å². The van der Waals surface area contributed by atoms with Crippen LogP contribution in [0.5, 0.6) is 0 Å². The minimum Gasteiger partial charge on any atom is -0.381 e. The molecule has 22 heavy (non-hydrogen) atoms. The average Bonchev–Trinajstić information content (AvgIpc) is 3.14. The largest absolute Gasteiger partial charge is 0.381 e. The van der Waals surface area contributed by atoms with Gasteiger partial charge in [-0.05, 0) is 31.7 Å². The zero-order valence-corrected chi connectivity index (χ0v) is 12.9. The van der Waals surface area contributed by atoms with Crippen LogP contribution < -0.4 is 5.32 Å². The molecule has 1 amide bonds. The summed E-state index contributed by atoms with van der Waals surface area (Å²) in [6.07, 6.45) is 3.23. The standard InChI is InChI=1S/C14H17ClN4O3/c1-8-17-14(22-19-8)12(9-2-4-21-5-3-9)18-13(20)11-6-10(15)7-16-11/h6-7,9,12,16H,2-5H2,1H3,(H,18,20)/t12-/m1/s1. The van der Waals surface area contributed by atoms with Gasteiger partial charge in [-0.2, -0.15) is 4.98 Å². The lowest BCUT2D eigenvalue weighted by atomic mass is 9.91. The van der Waals surface area contributed by atoms with E-state index in [0.29, 0.717) is 35.6 Å². The monoisotopic (exact) mass is 324 g/mol. The van der Waals surface area contributed by atoms with Crippen molar-refractivity contribution in [3.63, 3.8) is 0 Å². The van der Waals surface area contributed by atoms with Gasteiger partial charge >= 0.3 is 0 Å². The molecular weight excluding hydrogens is 308 g/mol. The van der Waals surface area contributed by atoms with E-state index in [4.69, 9.17) is 20.9 Å². The van der Waals surface area contributed by atoms with Crippen molar-refractivity contribution in [2.75, 3.05) is 13.2 Å². The van der Waals surface area contributed by atoms with E-state index in [1.165, 1.54) is 0 Å². The van der Waals surface area contributed by atoms with Gasteiger partial charge in [0.25, 0.3) is 5.91 Å². The predicted molar refractivity (Wildman–Crippen MR) is 78.6 cm³/mol. The number of ether oxygens (including phenoxy) is 1. The number of nitrogens with zero attached hydrogens (tertiary/aromatic N) is 2. The van der Waals surface area contributed by atoms with Crippen molar-refractivity contribution in [2.24, 2.45) is 5.92 Å². The average molecular weight is 325 g/mol. The number of aryl methyl sites for hydroxylation is 1. The molecular formula is C14H17ClN4O3. The zero-order chi connectivity index (χ0) is 15.5. The van der Waals surface area contributed by atoms with Crippen LogP contribution >= 0.6 is 11.6 Å². The third kappa shape index (κ3) is 3.31. The summed E-state index contributed by atoms with van der Waals surface area (Å²) in [4.78, 5) is 19.5. The van der Waals surface area contributed by atoms with Crippen molar-refractivity contribution in [1.82, 2.24) is 20.4 Å². The van der Waals surface area contributed by atoms with Crippen LogP contribution in [-0.4, -0.2) is 34.2 Å². The Kier molecular flexibility index (Phi) is 4.44. The summed E-state index contributed by atoms with van der Waals surface area (Å²) >= 11 is 5.84. The summed E-state index contributed by atoms with van der Waals surface area (Å²) in [7, 11) is 0. The number of hydrogen-bond donors (Lipinski definition) is 2. The Balaban J connectivity index is 1.80. The highest BCUT2D eigenvalue weighted by Gasteiger charge is 2.31. The van der Waals surface area contributed by atoms with E-state index in [0.717, 1.165) is 12.8 Å². The highest BCUT2D eigenvalue weighted by molar-refractivity contribution is 6.30. The number of carbonyl (C=O) groups is 1. The third-order valence-corrected chi connectivity index (χ3v) is 3.94. The zero-order valence-electron chi connectivity index (χ0n) is 12.1. The molecule has 0 bridgehead atoms. The summed E-state index contributed by atoms with van der Waals surface area (Å²) in [6, 6.07) is 1.25. The van der Waals surface area contributed by atoms with Crippen LogP contribution in [0.4, 0.5) is 0 Å². The Morgan fingerprint density at radius 3 is 2.86 bits per heavy atom. The van der Waals surface area contributed by atoms with Crippen molar-refractivity contribution in [1.29, 1.82) is 0 Å². The molecule has 1 fully saturated rings. The molecule has 0 unspecified atom stereocenters. The molecule has 7 nitrogen and oxygen atoms in total. The first kappa shape index (κ1) is 15.1. The quantitative estimate of drug-likeness (QED) is 0.899.